The number of phosphoric acid groups is 1. The van der Waals surface area contributed by atoms with Crippen molar-refractivity contribution in [1.82, 2.24) is 0 Å². The van der Waals surface area contributed by atoms with Crippen molar-refractivity contribution in [1.29, 1.82) is 0 Å². The summed E-state index contributed by atoms with van der Waals surface area (Å²) in [5.41, 5.74) is 0. The molecular weight excluding hydrogens is 395 g/mol. The van der Waals surface area contributed by atoms with Gasteiger partial charge in [0.1, 0.15) is 6.10 Å². The Hall–Kier alpha value is -1.50. The van der Waals surface area contributed by atoms with Crippen LogP contribution in [0.1, 0.15) is 40.5 Å². The molecule has 0 saturated carbocycles. The molecule has 7 nitrogen and oxygen atoms in total. The van der Waals surface area contributed by atoms with Crippen molar-refractivity contribution in [3.8, 4) is 0 Å². The Morgan fingerprint density at radius 2 is 1.86 bits per heavy atom. The highest BCUT2D eigenvalue weighted by Gasteiger charge is 2.33. The number of aliphatic hydroxyl groups is 1. The van der Waals surface area contributed by atoms with Crippen molar-refractivity contribution >= 4 is 13.8 Å². The summed E-state index contributed by atoms with van der Waals surface area (Å²) in [6.07, 6.45) is 12.4. The third-order valence-electron chi connectivity index (χ3n) is 5.01. The van der Waals surface area contributed by atoms with Gasteiger partial charge in [0.05, 0.1) is 12.2 Å². The maximum Gasteiger partial charge on any atom is 0.469 e. The minimum atomic E-state index is -4.73. The summed E-state index contributed by atoms with van der Waals surface area (Å²) in [7, 11) is -4.73. The van der Waals surface area contributed by atoms with Crippen LogP contribution in [0.2, 0.25) is 0 Å². The van der Waals surface area contributed by atoms with E-state index in [9.17, 15) is 24.3 Å². The number of carbonyl (C=O) groups excluding carboxylic acids is 1. The average Bonchev–Trinajstić information content (AvgIpc) is 2.64. The highest BCUT2D eigenvalue weighted by atomic mass is 31.2. The van der Waals surface area contributed by atoms with Gasteiger partial charge in [-0.2, -0.15) is 0 Å². The van der Waals surface area contributed by atoms with Crippen molar-refractivity contribution in [2.75, 3.05) is 0 Å². The van der Waals surface area contributed by atoms with Gasteiger partial charge in [-0.25, -0.2) is 9.36 Å². The van der Waals surface area contributed by atoms with E-state index >= 15 is 0 Å². The van der Waals surface area contributed by atoms with Crippen LogP contribution in [0.3, 0.4) is 0 Å². The fourth-order valence-electron chi connectivity index (χ4n) is 3.25. The lowest BCUT2D eigenvalue weighted by Crippen LogP contribution is -2.35. The molecule has 0 saturated heterocycles. The number of esters is 1. The van der Waals surface area contributed by atoms with Gasteiger partial charge in [0.15, 0.2) is 0 Å². The molecule has 1 aliphatic rings. The number of carbonyl (C=O) groups is 1. The van der Waals surface area contributed by atoms with Gasteiger partial charge in [-0.05, 0) is 25.7 Å². The summed E-state index contributed by atoms with van der Waals surface area (Å²) in [6, 6.07) is 0. The molecule has 0 aromatic carbocycles. The summed E-state index contributed by atoms with van der Waals surface area (Å²) >= 11 is 0. The molecule has 0 aromatic heterocycles. The standard InChI is InChI=1S/C21H33O7P/c1-5-6-7-8-9-10-18(22)17(4)19(28-29(24,25)26)13-11-15(2)21-16(3)12-14-20(23)27-21/h5-10,12,14-19,21-22H,11,13H2,1-4H3,(H2,24,25,26)/b6-5+,8-7-,10-9-/t15-,16-,17+,18-,19-,21+/m1/s1. The number of hydrogen-bond acceptors (Lipinski definition) is 5. The van der Waals surface area contributed by atoms with Gasteiger partial charge in [0, 0.05) is 17.9 Å². The molecule has 0 aromatic rings. The molecule has 0 aliphatic carbocycles. The van der Waals surface area contributed by atoms with Gasteiger partial charge in [-0.15, -0.1) is 0 Å². The number of cyclic esters (lactones) is 1. The zero-order valence-electron chi connectivity index (χ0n) is 17.4. The van der Waals surface area contributed by atoms with Crippen molar-refractivity contribution in [3.63, 3.8) is 0 Å². The fourth-order valence-corrected chi connectivity index (χ4v) is 3.90. The number of ether oxygens (including phenoxy) is 1. The molecule has 8 heteroatoms. The molecule has 0 amide bonds. The van der Waals surface area contributed by atoms with E-state index in [0.717, 1.165) is 0 Å². The number of allylic oxidation sites excluding steroid dienone is 5. The maximum absolute atomic E-state index is 11.5. The maximum atomic E-state index is 11.5. The summed E-state index contributed by atoms with van der Waals surface area (Å²) in [5, 5.41) is 10.4. The highest BCUT2D eigenvalue weighted by Crippen LogP contribution is 2.41. The monoisotopic (exact) mass is 428 g/mol. The molecule has 6 atom stereocenters. The molecule has 1 rings (SSSR count). The first-order chi connectivity index (χ1) is 13.5. The Kier molecular flexibility index (Phi) is 10.8. The fraction of sp³-hybridized carbons (Fsp3) is 0.571. The molecule has 0 radical (unpaired) electrons. The topological polar surface area (TPSA) is 113 Å². The van der Waals surface area contributed by atoms with Gasteiger partial charge in [0.2, 0.25) is 0 Å². The van der Waals surface area contributed by atoms with E-state index in [1.54, 1.807) is 37.3 Å². The van der Waals surface area contributed by atoms with E-state index < -0.39 is 25.9 Å². The zero-order valence-corrected chi connectivity index (χ0v) is 18.3. The van der Waals surface area contributed by atoms with Crippen LogP contribution in [0.4, 0.5) is 0 Å². The quantitative estimate of drug-likeness (QED) is 0.261. The van der Waals surface area contributed by atoms with Crippen molar-refractivity contribution in [2.45, 2.75) is 58.8 Å². The Morgan fingerprint density at radius 3 is 2.48 bits per heavy atom. The van der Waals surface area contributed by atoms with Crippen LogP contribution in [0.25, 0.3) is 0 Å². The normalized spacial score (nSPS) is 24.9. The Labute approximate surface area is 173 Å². The molecular formula is C21H33O7P. The first kappa shape index (κ1) is 25.5. The van der Waals surface area contributed by atoms with E-state index in [2.05, 4.69) is 0 Å². The van der Waals surface area contributed by atoms with E-state index in [1.807, 2.05) is 32.9 Å². The molecule has 29 heavy (non-hydrogen) atoms. The minimum absolute atomic E-state index is 0.0366. The summed E-state index contributed by atoms with van der Waals surface area (Å²) in [5.74, 6) is -0.917. The van der Waals surface area contributed by atoms with Crippen LogP contribution < -0.4 is 0 Å². The number of phosphoric ester groups is 1. The second-order valence-electron chi connectivity index (χ2n) is 7.45. The molecule has 1 heterocycles. The van der Waals surface area contributed by atoms with Gasteiger partial charge < -0.3 is 19.6 Å². The van der Waals surface area contributed by atoms with E-state index in [0.29, 0.717) is 12.8 Å². The highest BCUT2D eigenvalue weighted by molar-refractivity contribution is 7.46. The molecule has 0 unspecified atom stereocenters. The Bertz CT molecular complexity index is 677. The first-order valence-electron chi connectivity index (χ1n) is 9.82. The Morgan fingerprint density at radius 1 is 1.21 bits per heavy atom. The first-order valence-corrected chi connectivity index (χ1v) is 11.3. The predicted molar refractivity (Wildman–Crippen MR) is 112 cm³/mol. The smallest absolute Gasteiger partial charge is 0.458 e. The molecule has 0 fully saturated rings. The lowest BCUT2D eigenvalue weighted by molar-refractivity contribution is -0.149. The third kappa shape index (κ3) is 9.70. The summed E-state index contributed by atoms with van der Waals surface area (Å²) in [4.78, 5) is 30.1. The van der Waals surface area contributed by atoms with Crippen LogP contribution in [0.5, 0.6) is 0 Å². The minimum Gasteiger partial charge on any atom is -0.458 e. The van der Waals surface area contributed by atoms with Crippen molar-refractivity contribution in [3.05, 3.63) is 48.6 Å². The third-order valence-corrected chi connectivity index (χ3v) is 5.55. The molecule has 164 valence electrons. The van der Waals surface area contributed by atoms with Gasteiger partial charge >= 0.3 is 13.8 Å². The lowest BCUT2D eigenvalue weighted by atomic mass is 9.85. The summed E-state index contributed by atoms with van der Waals surface area (Å²) in [6.45, 7) is 7.45. The second kappa shape index (κ2) is 12.3. The second-order valence-corrected chi connectivity index (χ2v) is 8.65. The van der Waals surface area contributed by atoms with Crippen molar-refractivity contribution < 1.29 is 33.5 Å². The molecule has 3 N–H and O–H groups in total. The van der Waals surface area contributed by atoms with Crippen LogP contribution in [0.15, 0.2) is 48.6 Å². The zero-order chi connectivity index (χ0) is 22.0. The molecule has 0 bridgehead atoms. The number of aliphatic hydroxyl groups excluding tert-OH is 1. The van der Waals surface area contributed by atoms with Gasteiger partial charge in [-0.1, -0.05) is 63.3 Å². The number of hydrogen-bond donors (Lipinski definition) is 3. The number of rotatable bonds is 11. The van der Waals surface area contributed by atoms with Crippen LogP contribution in [-0.4, -0.2) is 39.2 Å². The summed E-state index contributed by atoms with van der Waals surface area (Å²) < 4.78 is 21.8. The van der Waals surface area contributed by atoms with Crippen LogP contribution >= 0.6 is 7.82 Å². The SMILES string of the molecule is C/C=C/C=C\C=C/[C@@H](O)[C@H](C)[C@@H](CC[C@@H](C)[C@@H]1OC(=O)C=C[C@H]1C)OP(=O)(O)O. The lowest BCUT2D eigenvalue weighted by Gasteiger charge is -2.32. The van der Waals surface area contributed by atoms with E-state index in [1.165, 1.54) is 6.08 Å². The van der Waals surface area contributed by atoms with Crippen LogP contribution in [-0.2, 0) is 18.6 Å². The van der Waals surface area contributed by atoms with Gasteiger partial charge in [-0.3, -0.25) is 4.52 Å². The van der Waals surface area contributed by atoms with E-state index in [-0.39, 0.29) is 23.9 Å². The predicted octanol–water partition coefficient (Wildman–Crippen LogP) is 3.68. The van der Waals surface area contributed by atoms with Crippen molar-refractivity contribution in [2.24, 2.45) is 17.8 Å². The van der Waals surface area contributed by atoms with Gasteiger partial charge in [0.25, 0.3) is 0 Å². The van der Waals surface area contributed by atoms with E-state index in [4.69, 9.17) is 9.26 Å². The average molecular weight is 428 g/mol. The van der Waals surface area contributed by atoms with Crippen LogP contribution in [0, 0.1) is 17.8 Å². The Balaban J connectivity index is 2.77. The molecule has 0 spiro atoms. The largest absolute Gasteiger partial charge is 0.469 e. The molecule has 1 aliphatic heterocycles.